The van der Waals surface area contributed by atoms with Crippen molar-refractivity contribution in [2.75, 3.05) is 5.43 Å². The molecule has 16 heavy (non-hydrogen) atoms. The zero-order chi connectivity index (χ0) is 11.8. The van der Waals surface area contributed by atoms with Gasteiger partial charge in [0.2, 0.25) is 5.71 Å². The third-order valence-corrected chi connectivity index (χ3v) is 2.04. The first kappa shape index (κ1) is 11.7. The molecule has 80 valence electrons. The van der Waals surface area contributed by atoms with Gasteiger partial charge >= 0.3 is 0 Å². The molecule has 0 amide bonds. The number of para-hydroxylation sites is 1. The van der Waals surface area contributed by atoms with E-state index in [4.69, 9.17) is 10.5 Å². The molecule has 0 aliphatic rings. The number of aryl methyl sites for hydroxylation is 1. The SMILES string of the molecule is CCCc1ccccc1NN=C(C#N)C#N. The predicted octanol–water partition coefficient (Wildman–Crippen LogP) is 2.45. The maximum absolute atomic E-state index is 8.53. The quantitative estimate of drug-likeness (QED) is 0.615. The minimum atomic E-state index is -0.175. The number of hydrogen-bond donors (Lipinski definition) is 1. The van der Waals surface area contributed by atoms with Crippen molar-refractivity contribution in [2.24, 2.45) is 5.10 Å². The second-order valence-electron chi connectivity index (χ2n) is 3.20. The smallest absolute Gasteiger partial charge is 0.237 e. The maximum atomic E-state index is 8.53. The fourth-order valence-electron chi connectivity index (χ4n) is 1.31. The van der Waals surface area contributed by atoms with E-state index < -0.39 is 0 Å². The van der Waals surface area contributed by atoms with Crippen molar-refractivity contribution in [2.45, 2.75) is 19.8 Å². The standard InChI is InChI=1S/C12H12N4/c1-2-5-10-6-3-4-7-12(10)16-15-11(8-13)9-14/h3-4,6-7,16H,2,5H2,1H3. The van der Waals surface area contributed by atoms with Gasteiger partial charge in [-0.25, -0.2) is 0 Å². The van der Waals surface area contributed by atoms with Crippen molar-refractivity contribution in [3.05, 3.63) is 29.8 Å². The molecule has 0 fully saturated rings. The van der Waals surface area contributed by atoms with Gasteiger partial charge in [-0.2, -0.15) is 15.6 Å². The van der Waals surface area contributed by atoms with Crippen LogP contribution in [0.25, 0.3) is 0 Å². The third kappa shape index (κ3) is 3.11. The summed E-state index contributed by atoms with van der Waals surface area (Å²) in [6.45, 7) is 2.09. The molecular weight excluding hydrogens is 200 g/mol. The van der Waals surface area contributed by atoms with E-state index in [-0.39, 0.29) is 5.71 Å². The molecule has 0 aliphatic carbocycles. The van der Waals surface area contributed by atoms with Crippen LogP contribution in [0.5, 0.6) is 0 Å². The molecule has 0 aliphatic heterocycles. The van der Waals surface area contributed by atoms with Crippen LogP contribution >= 0.6 is 0 Å². The first-order valence-corrected chi connectivity index (χ1v) is 5.03. The van der Waals surface area contributed by atoms with Crippen LogP contribution in [0.1, 0.15) is 18.9 Å². The summed E-state index contributed by atoms with van der Waals surface area (Å²) in [4.78, 5) is 0. The van der Waals surface area contributed by atoms with Crippen molar-refractivity contribution >= 4 is 11.4 Å². The highest BCUT2D eigenvalue weighted by molar-refractivity contribution is 6.10. The van der Waals surface area contributed by atoms with E-state index in [9.17, 15) is 0 Å². The molecule has 0 spiro atoms. The zero-order valence-corrected chi connectivity index (χ0v) is 9.07. The number of anilines is 1. The predicted molar refractivity (Wildman–Crippen MR) is 62.7 cm³/mol. The lowest BCUT2D eigenvalue weighted by Crippen LogP contribution is -1.99. The normalized spacial score (nSPS) is 8.69. The molecule has 0 saturated carbocycles. The van der Waals surface area contributed by atoms with Gasteiger partial charge in [-0.05, 0) is 18.1 Å². The largest absolute Gasteiger partial charge is 0.276 e. The van der Waals surface area contributed by atoms with Crippen LogP contribution in [0.2, 0.25) is 0 Å². The number of nitrogens with zero attached hydrogens (tertiary/aromatic N) is 3. The van der Waals surface area contributed by atoms with Crippen molar-refractivity contribution in [1.82, 2.24) is 0 Å². The minimum Gasteiger partial charge on any atom is -0.276 e. The van der Waals surface area contributed by atoms with Crippen LogP contribution in [-0.4, -0.2) is 5.71 Å². The molecular formula is C12H12N4. The first-order valence-electron chi connectivity index (χ1n) is 5.03. The van der Waals surface area contributed by atoms with E-state index in [0.29, 0.717) is 0 Å². The molecule has 4 nitrogen and oxygen atoms in total. The van der Waals surface area contributed by atoms with Crippen LogP contribution < -0.4 is 5.43 Å². The van der Waals surface area contributed by atoms with Gasteiger partial charge in [0.05, 0.1) is 5.69 Å². The van der Waals surface area contributed by atoms with Gasteiger partial charge in [0.1, 0.15) is 12.1 Å². The minimum absolute atomic E-state index is 0.175. The second-order valence-corrected chi connectivity index (χ2v) is 3.20. The summed E-state index contributed by atoms with van der Waals surface area (Å²) in [6, 6.07) is 11.1. The second kappa shape index (κ2) is 6.21. The summed E-state index contributed by atoms with van der Waals surface area (Å²) in [6.07, 6.45) is 1.97. The highest BCUT2D eigenvalue weighted by Gasteiger charge is 2.00. The number of rotatable bonds is 4. The Morgan fingerprint density at radius 2 is 2.00 bits per heavy atom. The van der Waals surface area contributed by atoms with E-state index in [0.717, 1.165) is 24.1 Å². The van der Waals surface area contributed by atoms with Crippen molar-refractivity contribution < 1.29 is 0 Å². The van der Waals surface area contributed by atoms with E-state index in [2.05, 4.69) is 17.5 Å². The zero-order valence-electron chi connectivity index (χ0n) is 9.07. The average molecular weight is 212 g/mol. The van der Waals surface area contributed by atoms with Gasteiger partial charge in [-0.1, -0.05) is 31.5 Å². The van der Waals surface area contributed by atoms with E-state index in [1.165, 1.54) is 0 Å². The summed E-state index contributed by atoms with van der Waals surface area (Å²) in [5, 5.41) is 20.8. The molecule has 0 radical (unpaired) electrons. The van der Waals surface area contributed by atoms with Crippen molar-refractivity contribution in [3.63, 3.8) is 0 Å². The Kier molecular flexibility index (Phi) is 4.56. The number of nitrogens with one attached hydrogen (secondary N) is 1. The van der Waals surface area contributed by atoms with Gasteiger partial charge < -0.3 is 0 Å². The van der Waals surface area contributed by atoms with Gasteiger partial charge in [0, 0.05) is 0 Å². The monoisotopic (exact) mass is 212 g/mol. The van der Waals surface area contributed by atoms with Gasteiger partial charge in [0.25, 0.3) is 0 Å². The Balaban J connectivity index is 2.86. The van der Waals surface area contributed by atoms with Gasteiger partial charge in [-0.3, -0.25) is 5.43 Å². The van der Waals surface area contributed by atoms with Crippen LogP contribution in [0.15, 0.2) is 29.4 Å². The molecule has 1 rings (SSSR count). The molecule has 1 aromatic carbocycles. The molecule has 4 heteroatoms. The highest BCUT2D eigenvalue weighted by atomic mass is 15.3. The Morgan fingerprint density at radius 1 is 1.31 bits per heavy atom. The summed E-state index contributed by atoms with van der Waals surface area (Å²) in [7, 11) is 0. The Morgan fingerprint density at radius 3 is 2.62 bits per heavy atom. The Bertz CT molecular complexity index is 447. The average Bonchev–Trinajstić information content (AvgIpc) is 2.33. The highest BCUT2D eigenvalue weighted by Crippen LogP contribution is 2.16. The molecule has 0 saturated heterocycles. The fraction of sp³-hybridized carbons (Fsp3) is 0.250. The topological polar surface area (TPSA) is 72.0 Å². The van der Waals surface area contributed by atoms with E-state index >= 15 is 0 Å². The third-order valence-electron chi connectivity index (χ3n) is 2.04. The van der Waals surface area contributed by atoms with Crippen LogP contribution in [-0.2, 0) is 6.42 Å². The lowest BCUT2D eigenvalue weighted by molar-refractivity contribution is 0.921. The fourth-order valence-corrected chi connectivity index (χ4v) is 1.31. The molecule has 0 unspecified atom stereocenters. The molecule has 1 aromatic rings. The summed E-state index contributed by atoms with van der Waals surface area (Å²) < 4.78 is 0. The van der Waals surface area contributed by atoms with Crippen LogP contribution in [0.4, 0.5) is 5.69 Å². The lowest BCUT2D eigenvalue weighted by Gasteiger charge is -2.06. The van der Waals surface area contributed by atoms with Crippen molar-refractivity contribution in [3.8, 4) is 12.1 Å². The Labute approximate surface area is 94.8 Å². The maximum Gasteiger partial charge on any atom is 0.237 e. The summed E-state index contributed by atoms with van der Waals surface area (Å²) in [5.74, 6) is 0. The summed E-state index contributed by atoms with van der Waals surface area (Å²) in [5.41, 5.74) is 4.54. The number of benzene rings is 1. The van der Waals surface area contributed by atoms with Gasteiger partial charge in [0.15, 0.2) is 0 Å². The molecule has 0 aromatic heterocycles. The van der Waals surface area contributed by atoms with Crippen LogP contribution in [0.3, 0.4) is 0 Å². The van der Waals surface area contributed by atoms with Gasteiger partial charge in [-0.15, -0.1) is 0 Å². The van der Waals surface area contributed by atoms with Crippen molar-refractivity contribution in [1.29, 1.82) is 10.5 Å². The first-order chi connectivity index (χ1) is 7.81. The van der Waals surface area contributed by atoms with Crippen LogP contribution in [0, 0.1) is 22.7 Å². The lowest BCUT2D eigenvalue weighted by atomic mass is 10.1. The number of nitriles is 2. The summed E-state index contributed by atoms with van der Waals surface area (Å²) >= 11 is 0. The molecule has 0 heterocycles. The van der Waals surface area contributed by atoms with E-state index in [1.54, 1.807) is 12.1 Å². The molecule has 0 atom stereocenters. The molecule has 0 bridgehead atoms. The number of hydrazone groups is 1. The van der Waals surface area contributed by atoms with E-state index in [1.807, 2.05) is 24.3 Å². The Hall–Kier alpha value is -2.33. The number of hydrogen-bond acceptors (Lipinski definition) is 4. The molecule has 1 N–H and O–H groups in total.